The molecule has 1 heterocycles. The van der Waals surface area contributed by atoms with Gasteiger partial charge in [-0.05, 0) is 82.4 Å². The Morgan fingerprint density at radius 1 is 1.03 bits per heavy atom. The van der Waals surface area contributed by atoms with Gasteiger partial charge in [-0.3, -0.25) is 14.5 Å². The molecule has 0 radical (unpaired) electrons. The third-order valence-electron chi connectivity index (χ3n) is 5.56. The first-order valence-corrected chi connectivity index (χ1v) is 11.8. The summed E-state index contributed by atoms with van der Waals surface area (Å²) in [7, 11) is 0. The standard InChI is InChI=1S/C27H24BrN3O4/c1-17-12-22(28)23(13-18(17)2)29-25(32)16-35-21-10-8-19(9-11-21)14-24-26(33)31(27(34)30-24)15-20-6-4-3-5-7-20/h3-14H,15-16H2,1-2H3,(H,29,32)(H,30,34)/b24-14+. The zero-order valence-corrected chi connectivity index (χ0v) is 20.9. The number of halogens is 1. The second-order valence-electron chi connectivity index (χ2n) is 8.19. The van der Waals surface area contributed by atoms with Gasteiger partial charge in [0.15, 0.2) is 6.61 Å². The number of carbonyl (C=O) groups excluding carboxylic acids is 3. The van der Waals surface area contributed by atoms with Crippen LogP contribution in [-0.2, 0) is 16.1 Å². The summed E-state index contributed by atoms with van der Waals surface area (Å²) >= 11 is 3.46. The predicted octanol–water partition coefficient (Wildman–Crippen LogP) is 5.18. The van der Waals surface area contributed by atoms with Crippen molar-refractivity contribution in [2.45, 2.75) is 20.4 Å². The van der Waals surface area contributed by atoms with Crippen molar-refractivity contribution in [1.29, 1.82) is 0 Å². The zero-order chi connectivity index (χ0) is 24.9. The summed E-state index contributed by atoms with van der Waals surface area (Å²) in [4.78, 5) is 38.4. The Bertz CT molecular complexity index is 1300. The van der Waals surface area contributed by atoms with E-state index in [4.69, 9.17) is 4.74 Å². The monoisotopic (exact) mass is 533 g/mol. The largest absolute Gasteiger partial charge is 0.484 e. The number of nitrogens with zero attached hydrogens (tertiary/aromatic N) is 1. The Balaban J connectivity index is 1.34. The highest BCUT2D eigenvalue weighted by Crippen LogP contribution is 2.26. The number of ether oxygens (including phenoxy) is 1. The second-order valence-corrected chi connectivity index (χ2v) is 9.04. The molecule has 0 aliphatic carbocycles. The lowest BCUT2D eigenvalue weighted by Gasteiger charge is -2.11. The van der Waals surface area contributed by atoms with Gasteiger partial charge in [0.2, 0.25) is 0 Å². The maximum Gasteiger partial charge on any atom is 0.329 e. The molecule has 1 saturated heterocycles. The molecule has 0 atom stereocenters. The summed E-state index contributed by atoms with van der Waals surface area (Å²) in [5.41, 5.74) is 4.68. The molecule has 0 saturated carbocycles. The number of benzene rings is 3. The molecule has 0 unspecified atom stereocenters. The Labute approximate surface area is 211 Å². The van der Waals surface area contributed by atoms with Crippen molar-refractivity contribution >= 4 is 45.5 Å². The van der Waals surface area contributed by atoms with Crippen LogP contribution in [0, 0.1) is 13.8 Å². The minimum atomic E-state index is -0.452. The molecule has 35 heavy (non-hydrogen) atoms. The van der Waals surface area contributed by atoms with Gasteiger partial charge >= 0.3 is 6.03 Å². The Morgan fingerprint density at radius 2 is 1.71 bits per heavy atom. The van der Waals surface area contributed by atoms with Crippen LogP contribution in [-0.4, -0.2) is 29.4 Å². The van der Waals surface area contributed by atoms with Crippen molar-refractivity contribution in [1.82, 2.24) is 10.2 Å². The molecule has 0 spiro atoms. The van der Waals surface area contributed by atoms with E-state index in [0.717, 1.165) is 21.2 Å². The van der Waals surface area contributed by atoms with Gasteiger partial charge < -0.3 is 15.4 Å². The molecule has 0 bridgehead atoms. The van der Waals surface area contributed by atoms with Crippen LogP contribution >= 0.6 is 15.9 Å². The van der Waals surface area contributed by atoms with Crippen molar-refractivity contribution < 1.29 is 19.1 Å². The highest BCUT2D eigenvalue weighted by molar-refractivity contribution is 9.10. The average molecular weight is 534 g/mol. The predicted molar refractivity (Wildman–Crippen MR) is 138 cm³/mol. The minimum absolute atomic E-state index is 0.150. The van der Waals surface area contributed by atoms with E-state index in [0.29, 0.717) is 17.0 Å². The lowest BCUT2D eigenvalue weighted by molar-refractivity contribution is -0.123. The maximum atomic E-state index is 12.7. The number of anilines is 1. The van der Waals surface area contributed by atoms with E-state index in [-0.39, 0.29) is 30.7 Å². The van der Waals surface area contributed by atoms with Gasteiger partial charge in [0.1, 0.15) is 11.4 Å². The first-order valence-electron chi connectivity index (χ1n) is 11.0. The number of hydrogen-bond donors (Lipinski definition) is 2. The summed E-state index contributed by atoms with van der Waals surface area (Å²) in [6, 6.07) is 19.6. The number of imide groups is 1. The van der Waals surface area contributed by atoms with Gasteiger partial charge in [-0.2, -0.15) is 0 Å². The number of urea groups is 1. The minimum Gasteiger partial charge on any atom is -0.484 e. The molecule has 3 aromatic rings. The van der Waals surface area contributed by atoms with Crippen LogP contribution in [0.25, 0.3) is 6.08 Å². The van der Waals surface area contributed by atoms with Gasteiger partial charge in [0.05, 0.1) is 12.2 Å². The van der Waals surface area contributed by atoms with Crippen LogP contribution < -0.4 is 15.4 Å². The molecule has 1 fully saturated rings. The molecule has 2 N–H and O–H groups in total. The number of aryl methyl sites for hydroxylation is 2. The molecule has 1 aliphatic heterocycles. The van der Waals surface area contributed by atoms with Gasteiger partial charge in [-0.25, -0.2) is 4.79 Å². The third-order valence-corrected chi connectivity index (χ3v) is 6.22. The quantitative estimate of drug-likeness (QED) is 0.323. The molecule has 8 heteroatoms. The molecule has 4 rings (SSSR count). The van der Waals surface area contributed by atoms with Crippen molar-refractivity contribution in [2.75, 3.05) is 11.9 Å². The smallest absolute Gasteiger partial charge is 0.329 e. The summed E-state index contributed by atoms with van der Waals surface area (Å²) in [5, 5.41) is 5.46. The molecule has 3 aromatic carbocycles. The van der Waals surface area contributed by atoms with E-state index in [1.165, 1.54) is 4.90 Å². The highest BCUT2D eigenvalue weighted by Gasteiger charge is 2.33. The summed E-state index contributed by atoms with van der Waals surface area (Å²) in [6.45, 7) is 4.04. The Morgan fingerprint density at radius 3 is 2.43 bits per heavy atom. The van der Waals surface area contributed by atoms with E-state index >= 15 is 0 Å². The van der Waals surface area contributed by atoms with Crippen molar-refractivity contribution in [3.8, 4) is 5.75 Å². The molecule has 0 aromatic heterocycles. The van der Waals surface area contributed by atoms with Crippen LogP contribution in [0.3, 0.4) is 0 Å². The summed E-state index contributed by atoms with van der Waals surface area (Å²) in [5.74, 6) is -0.153. The topological polar surface area (TPSA) is 87.7 Å². The van der Waals surface area contributed by atoms with Crippen LogP contribution in [0.1, 0.15) is 22.3 Å². The highest BCUT2D eigenvalue weighted by atomic mass is 79.9. The normalized spacial score (nSPS) is 14.3. The fourth-order valence-electron chi connectivity index (χ4n) is 3.52. The molecular formula is C27H24BrN3O4. The van der Waals surface area contributed by atoms with E-state index in [1.54, 1.807) is 30.3 Å². The van der Waals surface area contributed by atoms with Crippen molar-refractivity contribution in [3.63, 3.8) is 0 Å². The summed E-state index contributed by atoms with van der Waals surface area (Å²) in [6.07, 6.45) is 1.61. The van der Waals surface area contributed by atoms with Crippen LogP contribution in [0.15, 0.2) is 76.9 Å². The second kappa shape index (κ2) is 10.6. The first kappa shape index (κ1) is 24.2. The van der Waals surface area contributed by atoms with E-state index < -0.39 is 6.03 Å². The molecular weight excluding hydrogens is 510 g/mol. The lowest BCUT2D eigenvalue weighted by atomic mass is 10.1. The lowest BCUT2D eigenvalue weighted by Crippen LogP contribution is -2.30. The number of hydrogen-bond acceptors (Lipinski definition) is 4. The van der Waals surface area contributed by atoms with Crippen molar-refractivity contribution in [2.24, 2.45) is 0 Å². The Hall–Kier alpha value is -3.91. The molecule has 4 amide bonds. The van der Waals surface area contributed by atoms with E-state index in [2.05, 4.69) is 26.6 Å². The number of nitrogens with one attached hydrogen (secondary N) is 2. The van der Waals surface area contributed by atoms with Gasteiger partial charge in [0, 0.05) is 4.47 Å². The summed E-state index contributed by atoms with van der Waals surface area (Å²) < 4.78 is 6.40. The number of amides is 4. The van der Waals surface area contributed by atoms with Gasteiger partial charge in [0.25, 0.3) is 11.8 Å². The maximum absolute atomic E-state index is 12.7. The van der Waals surface area contributed by atoms with E-state index in [1.807, 2.05) is 56.3 Å². The van der Waals surface area contributed by atoms with Gasteiger partial charge in [-0.1, -0.05) is 42.5 Å². The average Bonchev–Trinajstić information content (AvgIpc) is 3.10. The van der Waals surface area contributed by atoms with Crippen molar-refractivity contribution in [3.05, 3.63) is 99.2 Å². The number of rotatable bonds is 7. The fraction of sp³-hybridized carbons (Fsp3) is 0.148. The van der Waals surface area contributed by atoms with Crippen LogP contribution in [0.2, 0.25) is 0 Å². The van der Waals surface area contributed by atoms with Gasteiger partial charge in [-0.15, -0.1) is 0 Å². The molecule has 1 aliphatic rings. The molecule has 7 nitrogen and oxygen atoms in total. The SMILES string of the molecule is Cc1cc(Br)c(NC(=O)COc2ccc(/C=C3/NC(=O)N(Cc4ccccc4)C3=O)cc2)cc1C. The molecule has 178 valence electrons. The third kappa shape index (κ3) is 5.96. The fourth-order valence-corrected chi connectivity index (χ4v) is 4.08. The van der Waals surface area contributed by atoms with E-state index in [9.17, 15) is 14.4 Å². The number of carbonyl (C=O) groups is 3. The zero-order valence-electron chi connectivity index (χ0n) is 19.3. The van der Waals surface area contributed by atoms with Crippen LogP contribution in [0.5, 0.6) is 5.75 Å². The van der Waals surface area contributed by atoms with Crippen LogP contribution in [0.4, 0.5) is 10.5 Å². The Kier molecular flexibility index (Phi) is 7.31. The first-order chi connectivity index (χ1) is 16.8.